The number of carbonyl (C=O) groups excluding carboxylic acids is 1. The molecule has 2 aromatic heterocycles. The maximum Gasteiger partial charge on any atom is 0.128 e. The fourth-order valence-electron chi connectivity index (χ4n) is 2.13. The van der Waals surface area contributed by atoms with Crippen molar-refractivity contribution < 1.29 is 9.90 Å². The van der Waals surface area contributed by atoms with Crippen LogP contribution in [0.4, 0.5) is 0 Å². The van der Waals surface area contributed by atoms with E-state index >= 15 is 0 Å². The van der Waals surface area contributed by atoms with Gasteiger partial charge in [-0.1, -0.05) is 29.8 Å². The van der Waals surface area contributed by atoms with Crippen LogP contribution in [0.15, 0.2) is 41.0 Å². The molecular formula is C16H13N2O2S2-. The fourth-order valence-corrected chi connectivity index (χ4v) is 4.05. The maximum absolute atomic E-state index is 10.6. The topological polar surface area (TPSA) is 65.9 Å². The summed E-state index contributed by atoms with van der Waals surface area (Å²) >= 11 is 3.00. The van der Waals surface area contributed by atoms with Crippen LogP contribution in [0, 0.1) is 6.92 Å². The number of thioether (sulfide) groups is 1. The Hall–Kier alpha value is -1.92. The molecule has 0 aliphatic rings. The third-order valence-electron chi connectivity index (χ3n) is 3.24. The standard InChI is InChI=1S/C16H14N2O2S2/c1-10-2-4-11(5-3-10)12-8-22-16-14(12)15(17-9-18-16)21-7-6-13(19)20/h2-5,8-9H,6-7H2,1H3,(H,19,20)/p-1. The van der Waals surface area contributed by atoms with Gasteiger partial charge >= 0.3 is 0 Å². The van der Waals surface area contributed by atoms with Crippen molar-refractivity contribution in [2.24, 2.45) is 0 Å². The number of aromatic nitrogens is 2. The van der Waals surface area contributed by atoms with E-state index in [0.29, 0.717) is 5.75 Å². The van der Waals surface area contributed by atoms with Gasteiger partial charge in [-0.25, -0.2) is 9.97 Å². The maximum atomic E-state index is 10.6. The molecule has 0 bridgehead atoms. The Balaban J connectivity index is 2.00. The van der Waals surface area contributed by atoms with Crippen LogP contribution >= 0.6 is 23.1 Å². The summed E-state index contributed by atoms with van der Waals surface area (Å²) in [6.07, 6.45) is 1.54. The van der Waals surface area contributed by atoms with Crippen molar-refractivity contribution in [3.8, 4) is 11.1 Å². The predicted molar refractivity (Wildman–Crippen MR) is 87.9 cm³/mol. The molecule has 0 aliphatic carbocycles. The van der Waals surface area contributed by atoms with E-state index in [1.165, 1.54) is 23.7 Å². The van der Waals surface area contributed by atoms with Gasteiger partial charge in [-0.05, 0) is 18.9 Å². The molecule has 4 nitrogen and oxygen atoms in total. The normalized spacial score (nSPS) is 11.0. The van der Waals surface area contributed by atoms with Gasteiger partial charge in [0.1, 0.15) is 16.2 Å². The highest BCUT2D eigenvalue weighted by atomic mass is 32.2. The number of nitrogens with zero attached hydrogens (tertiary/aromatic N) is 2. The van der Waals surface area contributed by atoms with Gasteiger partial charge in [0.2, 0.25) is 0 Å². The number of aliphatic carboxylic acids is 1. The van der Waals surface area contributed by atoms with Gasteiger partial charge < -0.3 is 9.90 Å². The number of fused-ring (bicyclic) bond motifs is 1. The molecule has 0 unspecified atom stereocenters. The quantitative estimate of drug-likeness (QED) is 0.532. The summed E-state index contributed by atoms with van der Waals surface area (Å²) in [7, 11) is 0. The molecule has 22 heavy (non-hydrogen) atoms. The number of carboxylic acid groups (broad SMARTS) is 1. The molecule has 0 aliphatic heterocycles. The largest absolute Gasteiger partial charge is 0.550 e. The van der Waals surface area contributed by atoms with Crippen molar-refractivity contribution in [2.75, 3.05) is 5.75 Å². The SMILES string of the molecule is Cc1ccc(-c2csc3ncnc(SCCC(=O)[O-])c23)cc1. The minimum absolute atomic E-state index is 0.0141. The van der Waals surface area contributed by atoms with E-state index in [9.17, 15) is 9.90 Å². The molecule has 3 rings (SSSR count). The highest BCUT2D eigenvalue weighted by Gasteiger charge is 2.13. The van der Waals surface area contributed by atoms with Gasteiger partial charge in [-0.15, -0.1) is 23.1 Å². The summed E-state index contributed by atoms with van der Waals surface area (Å²) in [5.74, 6) is -0.598. The Kier molecular flexibility index (Phi) is 4.40. The van der Waals surface area contributed by atoms with E-state index in [1.54, 1.807) is 11.3 Å². The van der Waals surface area contributed by atoms with Gasteiger partial charge in [0.05, 0.1) is 5.39 Å². The van der Waals surface area contributed by atoms with Crippen molar-refractivity contribution in [3.63, 3.8) is 0 Å². The molecule has 2 heterocycles. The Morgan fingerprint density at radius 3 is 2.77 bits per heavy atom. The van der Waals surface area contributed by atoms with Crippen LogP contribution in [-0.4, -0.2) is 21.7 Å². The van der Waals surface area contributed by atoms with Crippen LogP contribution in [0.5, 0.6) is 0 Å². The first-order valence-electron chi connectivity index (χ1n) is 6.77. The monoisotopic (exact) mass is 329 g/mol. The number of carboxylic acids is 1. The number of carbonyl (C=O) groups is 1. The molecule has 3 aromatic rings. The van der Waals surface area contributed by atoms with Gasteiger partial charge in [0.25, 0.3) is 0 Å². The summed E-state index contributed by atoms with van der Waals surface area (Å²) in [5.41, 5.74) is 3.42. The van der Waals surface area contributed by atoms with Crippen molar-refractivity contribution >= 4 is 39.3 Å². The van der Waals surface area contributed by atoms with Gasteiger partial charge in [0, 0.05) is 22.7 Å². The van der Waals surface area contributed by atoms with Crippen molar-refractivity contribution in [3.05, 3.63) is 41.5 Å². The van der Waals surface area contributed by atoms with Crippen LogP contribution in [0.3, 0.4) is 0 Å². The molecule has 0 saturated heterocycles. The van der Waals surface area contributed by atoms with Gasteiger partial charge in [-0.2, -0.15) is 0 Å². The third kappa shape index (κ3) is 3.13. The van der Waals surface area contributed by atoms with Crippen LogP contribution in [0.25, 0.3) is 21.3 Å². The zero-order valence-electron chi connectivity index (χ0n) is 11.9. The minimum Gasteiger partial charge on any atom is -0.550 e. The molecule has 0 saturated carbocycles. The second kappa shape index (κ2) is 6.46. The number of benzene rings is 1. The highest BCUT2D eigenvalue weighted by Crippen LogP contribution is 2.37. The molecule has 1 aromatic carbocycles. The zero-order valence-corrected chi connectivity index (χ0v) is 13.5. The number of hydrogen-bond acceptors (Lipinski definition) is 6. The lowest BCUT2D eigenvalue weighted by molar-refractivity contribution is -0.305. The first kappa shape index (κ1) is 15.0. The zero-order chi connectivity index (χ0) is 15.5. The van der Waals surface area contributed by atoms with Gasteiger partial charge in [0.15, 0.2) is 0 Å². The van der Waals surface area contributed by atoms with Crippen LogP contribution < -0.4 is 5.11 Å². The summed E-state index contributed by atoms with van der Waals surface area (Å²) in [5, 5.41) is 14.5. The lowest BCUT2D eigenvalue weighted by atomic mass is 10.1. The van der Waals surface area contributed by atoms with Crippen molar-refractivity contribution in [1.29, 1.82) is 0 Å². The summed E-state index contributed by atoms with van der Waals surface area (Å²) in [4.78, 5) is 20.1. The second-order valence-corrected chi connectivity index (χ2v) is 6.79. The number of hydrogen-bond donors (Lipinski definition) is 0. The Labute approximate surface area is 136 Å². The van der Waals surface area contributed by atoms with E-state index in [0.717, 1.165) is 26.4 Å². The lowest BCUT2D eigenvalue weighted by Crippen LogP contribution is -2.22. The van der Waals surface area contributed by atoms with E-state index in [2.05, 4.69) is 46.5 Å². The average molecular weight is 329 g/mol. The van der Waals surface area contributed by atoms with E-state index < -0.39 is 5.97 Å². The smallest absolute Gasteiger partial charge is 0.128 e. The lowest BCUT2D eigenvalue weighted by Gasteiger charge is -2.06. The fraction of sp³-hybridized carbons (Fsp3) is 0.188. The molecule has 0 spiro atoms. The Morgan fingerprint density at radius 1 is 1.27 bits per heavy atom. The van der Waals surface area contributed by atoms with Crippen molar-refractivity contribution in [2.45, 2.75) is 18.4 Å². The average Bonchev–Trinajstić information content (AvgIpc) is 2.93. The number of aryl methyl sites for hydroxylation is 1. The second-order valence-electron chi connectivity index (χ2n) is 4.84. The van der Waals surface area contributed by atoms with E-state index in [4.69, 9.17) is 0 Å². The summed E-state index contributed by atoms with van der Waals surface area (Å²) < 4.78 is 0. The Morgan fingerprint density at radius 2 is 2.05 bits per heavy atom. The molecule has 0 N–H and O–H groups in total. The first-order valence-corrected chi connectivity index (χ1v) is 8.63. The number of rotatable bonds is 5. The summed E-state index contributed by atoms with van der Waals surface area (Å²) in [6, 6.07) is 8.32. The molecule has 112 valence electrons. The molecule has 0 fully saturated rings. The van der Waals surface area contributed by atoms with E-state index in [1.807, 2.05) is 0 Å². The van der Waals surface area contributed by atoms with Crippen LogP contribution in [0.1, 0.15) is 12.0 Å². The van der Waals surface area contributed by atoms with Crippen molar-refractivity contribution in [1.82, 2.24) is 9.97 Å². The molecule has 0 atom stereocenters. The number of thiophene rings is 1. The molecule has 0 radical (unpaired) electrons. The minimum atomic E-state index is -1.04. The van der Waals surface area contributed by atoms with E-state index in [-0.39, 0.29) is 6.42 Å². The molecular weight excluding hydrogens is 316 g/mol. The first-order chi connectivity index (χ1) is 10.6. The van der Waals surface area contributed by atoms with Crippen LogP contribution in [0.2, 0.25) is 0 Å². The molecule has 6 heteroatoms. The summed E-state index contributed by atoms with van der Waals surface area (Å²) in [6.45, 7) is 2.06. The Bertz CT molecular complexity index is 813. The van der Waals surface area contributed by atoms with Crippen LogP contribution in [-0.2, 0) is 4.79 Å². The predicted octanol–water partition coefficient (Wildman–Crippen LogP) is 2.90. The highest BCUT2D eigenvalue weighted by molar-refractivity contribution is 7.99. The third-order valence-corrected chi connectivity index (χ3v) is 5.12. The molecule has 0 amide bonds. The van der Waals surface area contributed by atoms with Gasteiger partial charge in [-0.3, -0.25) is 0 Å².